The molecule has 1 fully saturated rings. The minimum atomic E-state index is -0.241. The summed E-state index contributed by atoms with van der Waals surface area (Å²) in [4.78, 5) is 24.9. The van der Waals surface area contributed by atoms with Gasteiger partial charge in [0, 0.05) is 50.8 Å². The Labute approximate surface area is 146 Å². The average Bonchev–Trinajstić information content (AvgIpc) is 2.67. The van der Waals surface area contributed by atoms with Gasteiger partial charge in [0.25, 0.3) is 5.91 Å². The van der Waals surface area contributed by atoms with Crippen LogP contribution in [0.3, 0.4) is 0 Å². The molecule has 1 saturated heterocycles. The molecule has 0 atom stereocenters. The number of nitrogens with zero attached hydrogens (tertiary/aromatic N) is 4. The number of hydrogen-bond donors (Lipinski definition) is 1. The standard InChI is InChI=1S/C18H22FN5O/c1-2-7-20-18-21-12-14(13-22-18)17(25)24-10-8-23(9-11-24)16-5-3-15(19)4-6-16/h3-6,12-13H,2,7-11H2,1H3,(H,20,21,22). The van der Waals surface area contributed by atoms with E-state index in [0.29, 0.717) is 37.7 Å². The molecule has 0 saturated carbocycles. The molecule has 7 heteroatoms. The quantitative estimate of drug-likeness (QED) is 0.903. The van der Waals surface area contributed by atoms with Crippen LogP contribution in [0.15, 0.2) is 36.7 Å². The second kappa shape index (κ2) is 7.92. The smallest absolute Gasteiger partial charge is 0.257 e. The van der Waals surface area contributed by atoms with Gasteiger partial charge < -0.3 is 15.1 Å². The van der Waals surface area contributed by atoms with E-state index in [9.17, 15) is 9.18 Å². The molecule has 1 N–H and O–H groups in total. The first-order chi connectivity index (χ1) is 12.2. The molecule has 0 spiro atoms. The van der Waals surface area contributed by atoms with Gasteiger partial charge in [-0.2, -0.15) is 0 Å². The van der Waals surface area contributed by atoms with Crippen LogP contribution < -0.4 is 10.2 Å². The topological polar surface area (TPSA) is 61.4 Å². The maximum atomic E-state index is 13.0. The number of aromatic nitrogens is 2. The summed E-state index contributed by atoms with van der Waals surface area (Å²) in [6.07, 6.45) is 4.13. The van der Waals surface area contributed by atoms with E-state index in [1.165, 1.54) is 12.1 Å². The molecular weight excluding hydrogens is 321 g/mol. The molecule has 1 aliphatic rings. The van der Waals surface area contributed by atoms with E-state index < -0.39 is 0 Å². The zero-order valence-electron chi connectivity index (χ0n) is 14.3. The van der Waals surface area contributed by atoms with Crippen LogP contribution in [-0.4, -0.2) is 53.5 Å². The summed E-state index contributed by atoms with van der Waals surface area (Å²) in [5.74, 6) is 0.245. The van der Waals surface area contributed by atoms with Crippen LogP contribution in [0.4, 0.5) is 16.0 Å². The molecule has 0 bridgehead atoms. The fourth-order valence-electron chi connectivity index (χ4n) is 2.77. The average molecular weight is 343 g/mol. The summed E-state index contributed by atoms with van der Waals surface area (Å²) in [5.41, 5.74) is 1.47. The maximum absolute atomic E-state index is 13.0. The molecule has 6 nitrogen and oxygen atoms in total. The predicted molar refractivity (Wildman–Crippen MR) is 95.3 cm³/mol. The molecule has 2 heterocycles. The number of amides is 1. The molecule has 0 aliphatic carbocycles. The third-order valence-electron chi connectivity index (χ3n) is 4.19. The first-order valence-electron chi connectivity index (χ1n) is 8.53. The van der Waals surface area contributed by atoms with Crippen molar-refractivity contribution < 1.29 is 9.18 Å². The van der Waals surface area contributed by atoms with Crippen molar-refractivity contribution in [2.75, 3.05) is 42.9 Å². The Morgan fingerprint density at radius 3 is 2.36 bits per heavy atom. The number of piperazine rings is 1. The van der Waals surface area contributed by atoms with E-state index in [2.05, 4.69) is 27.1 Å². The zero-order chi connectivity index (χ0) is 17.6. The highest BCUT2D eigenvalue weighted by Crippen LogP contribution is 2.17. The van der Waals surface area contributed by atoms with E-state index in [0.717, 1.165) is 18.7 Å². The molecule has 2 aromatic rings. The van der Waals surface area contributed by atoms with Crippen molar-refractivity contribution in [2.45, 2.75) is 13.3 Å². The second-order valence-electron chi connectivity index (χ2n) is 5.98. The lowest BCUT2D eigenvalue weighted by molar-refractivity contribution is 0.0746. The summed E-state index contributed by atoms with van der Waals surface area (Å²) >= 11 is 0. The zero-order valence-corrected chi connectivity index (χ0v) is 14.3. The molecule has 1 amide bonds. The van der Waals surface area contributed by atoms with Gasteiger partial charge in [0.2, 0.25) is 5.95 Å². The van der Waals surface area contributed by atoms with Crippen molar-refractivity contribution in [3.63, 3.8) is 0 Å². The molecule has 132 valence electrons. The van der Waals surface area contributed by atoms with Crippen LogP contribution in [0.5, 0.6) is 0 Å². The lowest BCUT2D eigenvalue weighted by Crippen LogP contribution is -2.48. The Kier molecular flexibility index (Phi) is 5.42. The molecule has 3 rings (SSSR count). The van der Waals surface area contributed by atoms with E-state index in [4.69, 9.17) is 0 Å². The number of benzene rings is 1. The Hall–Kier alpha value is -2.70. The maximum Gasteiger partial charge on any atom is 0.257 e. The fourth-order valence-corrected chi connectivity index (χ4v) is 2.77. The van der Waals surface area contributed by atoms with E-state index in [1.54, 1.807) is 29.4 Å². The summed E-state index contributed by atoms with van der Waals surface area (Å²) in [5, 5.41) is 3.09. The first-order valence-corrected chi connectivity index (χ1v) is 8.53. The number of hydrogen-bond acceptors (Lipinski definition) is 5. The van der Waals surface area contributed by atoms with E-state index in [1.807, 2.05) is 0 Å². The van der Waals surface area contributed by atoms with E-state index in [-0.39, 0.29) is 11.7 Å². The van der Waals surface area contributed by atoms with Crippen molar-refractivity contribution in [2.24, 2.45) is 0 Å². The Morgan fingerprint density at radius 1 is 1.12 bits per heavy atom. The minimum Gasteiger partial charge on any atom is -0.368 e. The van der Waals surface area contributed by atoms with Gasteiger partial charge in [-0.1, -0.05) is 6.92 Å². The number of halogens is 1. The van der Waals surface area contributed by atoms with Gasteiger partial charge in [-0.25, -0.2) is 14.4 Å². The summed E-state index contributed by atoms with van der Waals surface area (Å²) in [7, 11) is 0. The van der Waals surface area contributed by atoms with Crippen molar-refractivity contribution >= 4 is 17.5 Å². The van der Waals surface area contributed by atoms with Crippen LogP contribution in [0.25, 0.3) is 0 Å². The lowest BCUT2D eigenvalue weighted by atomic mass is 10.2. The van der Waals surface area contributed by atoms with Crippen molar-refractivity contribution in [3.8, 4) is 0 Å². The molecule has 1 aromatic carbocycles. The normalized spacial score (nSPS) is 14.5. The Morgan fingerprint density at radius 2 is 1.76 bits per heavy atom. The third kappa shape index (κ3) is 4.23. The number of carbonyl (C=O) groups is 1. The van der Waals surface area contributed by atoms with Gasteiger partial charge in [0.15, 0.2) is 0 Å². The highest BCUT2D eigenvalue weighted by Gasteiger charge is 2.22. The van der Waals surface area contributed by atoms with Crippen LogP contribution in [-0.2, 0) is 0 Å². The molecular formula is C18H22FN5O. The van der Waals surface area contributed by atoms with Crippen LogP contribution >= 0.6 is 0 Å². The van der Waals surface area contributed by atoms with E-state index >= 15 is 0 Å². The molecule has 1 aliphatic heterocycles. The van der Waals surface area contributed by atoms with Gasteiger partial charge in [-0.3, -0.25) is 4.79 Å². The molecule has 25 heavy (non-hydrogen) atoms. The predicted octanol–water partition coefficient (Wildman–Crippen LogP) is 2.40. The number of nitrogens with one attached hydrogen (secondary N) is 1. The van der Waals surface area contributed by atoms with Crippen LogP contribution in [0, 0.1) is 5.82 Å². The minimum absolute atomic E-state index is 0.0548. The highest BCUT2D eigenvalue weighted by atomic mass is 19.1. The summed E-state index contributed by atoms with van der Waals surface area (Å²) in [6, 6.07) is 6.45. The highest BCUT2D eigenvalue weighted by molar-refractivity contribution is 5.93. The van der Waals surface area contributed by atoms with Gasteiger partial charge >= 0.3 is 0 Å². The van der Waals surface area contributed by atoms with Crippen LogP contribution in [0.1, 0.15) is 23.7 Å². The fraction of sp³-hybridized carbons (Fsp3) is 0.389. The Bertz CT molecular complexity index is 696. The first kappa shape index (κ1) is 17.1. The number of anilines is 2. The molecule has 0 radical (unpaired) electrons. The summed E-state index contributed by atoms with van der Waals surface area (Å²) < 4.78 is 13.0. The summed E-state index contributed by atoms with van der Waals surface area (Å²) in [6.45, 7) is 5.54. The van der Waals surface area contributed by atoms with Crippen molar-refractivity contribution in [1.29, 1.82) is 0 Å². The number of rotatable bonds is 5. The SMILES string of the molecule is CCCNc1ncc(C(=O)N2CCN(c3ccc(F)cc3)CC2)cn1. The van der Waals surface area contributed by atoms with Gasteiger partial charge in [-0.15, -0.1) is 0 Å². The van der Waals surface area contributed by atoms with Crippen molar-refractivity contribution in [1.82, 2.24) is 14.9 Å². The lowest BCUT2D eigenvalue weighted by Gasteiger charge is -2.36. The van der Waals surface area contributed by atoms with Gasteiger partial charge in [0.05, 0.1) is 5.56 Å². The van der Waals surface area contributed by atoms with Crippen molar-refractivity contribution in [3.05, 3.63) is 48.0 Å². The van der Waals surface area contributed by atoms with Gasteiger partial charge in [0.1, 0.15) is 5.82 Å². The third-order valence-corrected chi connectivity index (χ3v) is 4.19. The molecule has 0 unspecified atom stereocenters. The van der Waals surface area contributed by atoms with Crippen LogP contribution in [0.2, 0.25) is 0 Å². The van der Waals surface area contributed by atoms with Gasteiger partial charge in [-0.05, 0) is 30.7 Å². The molecule has 1 aromatic heterocycles. The second-order valence-corrected chi connectivity index (χ2v) is 5.98. The monoisotopic (exact) mass is 343 g/mol. The Balaban J connectivity index is 1.56. The largest absolute Gasteiger partial charge is 0.368 e. The number of carbonyl (C=O) groups excluding carboxylic acids is 1.